The molecule has 0 radical (unpaired) electrons. The van der Waals surface area contributed by atoms with E-state index in [2.05, 4.69) is 26.8 Å². The van der Waals surface area contributed by atoms with Crippen LogP contribution in [0.15, 0.2) is 17.4 Å². The van der Waals surface area contributed by atoms with E-state index in [0.29, 0.717) is 0 Å². The van der Waals surface area contributed by atoms with Crippen LogP contribution in [0.5, 0.6) is 0 Å². The molecule has 5 heteroatoms. The molecule has 3 rings (SSSR count). The Bertz CT molecular complexity index is 397. The van der Waals surface area contributed by atoms with E-state index in [-0.39, 0.29) is 0 Å². The standard InChI is InChI=1S/C12H18N4S/c1-15-5-9-7-16(8-10(9)6-15)11-3-4-13-12(14-11)17-2/h3-4,9-10H,5-8H2,1-2H3. The third-order valence-corrected chi connectivity index (χ3v) is 4.36. The first-order chi connectivity index (χ1) is 8.26. The minimum Gasteiger partial charge on any atom is -0.356 e. The number of hydrogen-bond acceptors (Lipinski definition) is 5. The van der Waals surface area contributed by atoms with Gasteiger partial charge in [-0.2, -0.15) is 0 Å². The molecule has 2 aliphatic heterocycles. The zero-order chi connectivity index (χ0) is 11.8. The molecule has 92 valence electrons. The number of hydrogen-bond donors (Lipinski definition) is 0. The molecule has 2 aliphatic rings. The van der Waals surface area contributed by atoms with E-state index < -0.39 is 0 Å². The van der Waals surface area contributed by atoms with Gasteiger partial charge in [0.15, 0.2) is 5.16 Å². The van der Waals surface area contributed by atoms with E-state index in [9.17, 15) is 0 Å². The van der Waals surface area contributed by atoms with Gasteiger partial charge in [0.05, 0.1) is 0 Å². The second-order valence-electron chi connectivity index (χ2n) is 5.05. The average Bonchev–Trinajstić information content (AvgIpc) is 2.86. The van der Waals surface area contributed by atoms with Crippen LogP contribution >= 0.6 is 11.8 Å². The molecular weight excluding hydrogens is 232 g/mol. The van der Waals surface area contributed by atoms with Crippen LogP contribution in [0.2, 0.25) is 0 Å². The van der Waals surface area contributed by atoms with Crippen LogP contribution in [-0.2, 0) is 0 Å². The molecular formula is C12H18N4S. The zero-order valence-electron chi connectivity index (χ0n) is 10.3. The lowest BCUT2D eigenvalue weighted by atomic mass is 10.0. The van der Waals surface area contributed by atoms with Crippen LogP contribution < -0.4 is 4.90 Å². The van der Waals surface area contributed by atoms with Crippen LogP contribution in [0.3, 0.4) is 0 Å². The van der Waals surface area contributed by atoms with Gasteiger partial charge in [0.1, 0.15) is 5.82 Å². The van der Waals surface area contributed by atoms with Gasteiger partial charge >= 0.3 is 0 Å². The Morgan fingerprint density at radius 2 is 1.94 bits per heavy atom. The Kier molecular flexibility index (Phi) is 2.96. The van der Waals surface area contributed by atoms with Gasteiger partial charge in [-0.05, 0) is 31.2 Å². The molecule has 3 heterocycles. The fourth-order valence-electron chi connectivity index (χ4n) is 3.02. The first kappa shape index (κ1) is 11.3. The molecule has 17 heavy (non-hydrogen) atoms. The lowest BCUT2D eigenvalue weighted by Crippen LogP contribution is -2.27. The van der Waals surface area contributed by atoms with Crippen LogP contribution in [-0.4, -0.2) is 54.4 Å². The van der Waals surface area contributed by atoms with Crippen molar-refractivity contribution in [1.82, 2.24) is 14.9 Å². The van der Waals surface area contributed by atoms with E-state index in [1.165, 1.54) is 13.1 Å². The summed E-state index contributed by atoms with van der Waals surface area (Å²) in [5.74, 6) is 2.75. The topological polar surface area (TPSA) is 32.3 Å². The number of rotatable bonds is 2. The molecule has 2 atom stereocenters. The highest BCUT2D eigenvalue weighted by atomic mass is 32.2. The van der Waals surface area contributed by atoms with Gasteiger partial charge in [0, 0.05) is 32.4 Å². The summed E-state index contributed by atoms with van der Waals surface area (Å²) in [6.07, 6.45) is 3.89. The molecule has 0 aromatic carbocycles. The van der Waals surface area contributed by atoms with Gasteiger partial charge in [-0.1, -0.05) is 11.8 Å². The van der Waals surface area contributed by atoms with Crippen LogP contribution in [0.1, 0.15) is 0 Å². The highest BCUT2D eigenvalue weighted by molar-refractivity contribution is 7.98. The van der Waals surface area contributed by atoms with Crippen molar-refractivity contribution < 1.29 is 0 Å². The molecule has 0 bridgehead atoms. The summed E-state index contributed by atoms with van der Waals surface area (Å²) >= 11 is 1.61. The van der Waals surface area contributed by atoms with Crippen molar-refractivity contribution in [2.45, 2.75) is 5.16 Å². The minimum atomic E-state index is 0.827. The first-order valence-electron chi connectivity index (χ1n) is 6.07. The number of nitrogens with zero attached hydrogens (tertiary/aromatic N) is 4. The summed E-state index contributed by atoms with van der Waals surface area (Å²) in [7, 11) is 2.22. The van der Waals surface area contributed by atoms with E-state index in [4.69, 9.17) is 0 Å². The van der Waals surface area contributed by atoms with Crippen LogP contribution in [0.4, 0.5) is 5.82 Å². The largest absolute Gasteiger partial charge is 0.356 e. The Morgan fingerprint density at radius 1 is 1.24 bits per heavy atom. The van der Waals surface area contributed by atoms with Crippen molar-refractivity contribution in [2.75, 3.05) is 44.4 Å². The second-order valence-corrected chi connectivity index (χ2v) is 5.82. The number of anilines is 1. The third kappa shape index (κ3) is 2.13. The van der Waals surface area contributed by atoms with Crippen molar-refractivity contribution >= 4 is 17.6 Å². The maximum atomic E-state index is 4.58. The van der Waals surface area contributed by atoms with E-state index in [1.54, 1.807) is 11.8 Å². The van der Waals surface area contributed by atoms with Gasteiger partial charge in [0.2, 0.25) is 0 Å². The third-order valence-electron chi connectivity index (χ3n) is 3.79. The molecule has 0 aliphatic carbocycles. The van der Waals surface area contributed by atoms with Crippen molar-refractivity contribution in [3.8, 4) is 0 Å². The van der Waals surface area contributed by atoms with E-state index in [0.717, 1.165) is 35.9 Å². The average molecular weight is 250 g/mol. The van der Waals surface area contributed by atoms with Gasteiger partial charge in [0.25, 0.3) is 0 Å². The Morgan fingerprint density at radius 3 is 2.59 bits per heavy atom. The SMILES string of the molecule is CSc1nccc(N2CC3CN(C)CC3C2)n1. The van der Waals surface area contributed by atoms with Gasteiger partial charge in [-0.3, -0.25) is 0 Å². The van der Waals surface area contributed by atoms with Gasteiger partial charge in [-0.15, -0.1) is 0 Å². The smallest absolute Gasteiger partial charge is 0.189 e. The van der Waals surface area contributed by atoms with Crippen molar-refractivity contribution in [3.63, 3.8) is 0 Å². The minimum absolute atomic E-state index is 0.827. The first-order valence-corrected chi connectivity index (χ1v) is 7.29. The van der Waals surface area contributed by atoms with E-state index >= 15 is 0 Å². The van der Waals surface area contributed by atoms with Crippen molar-refractivity contribution in [1.29, 1.82) is 0 Å². The monoisotopic (exact) mass is 250 g/mol. The number of likely N-dealkylation sites (tertiary alicyclic amines) is 1. The predicted molar refractivity (Wildman–Crippen MR) is 70.5 cm³/mol. The van der Waals surface area contributed by atoms with Crippen LogP contribution in [0.25, 0.3) is 0 Å². The Hall–Kier alpha value is -0.810. The molecule has 2 saturated heterocycles. The summed E-state index contributed by atoms with van der Waals surface area (Å²) in [5.41, 5.74) is 0. The summed E-state index contributed by atoms with van der Waals surface area (Å²) in [6.45, 7) is 4.78. The lowest BCUT2D eigenvalue weighted by molar-refractivity contribution is 0.387. The normalized spacial score (nSPS) is 28.7. The molecule has 2 unspecified atom stereocenters. The second kappa shape index (κ2) is 4.46. The van der Waals surface area contributed by atoms with Crippen molar-refractivity contribution in [2.24, 2.45) is 11.8 Å². The molecule has 0 saturated carbocycles. The number of aromatic nitrogens is 2. The highest BCUT2D eigenvalue weighted by Crippen LogP contribution is 2.32. The van der Waals surface area contributed by atoms with Gasteiger partial charge < -0.3 is 9.80 Å². The maximum absolute atomic E-state index is 4.58. The van der Waals surface area contributed by atoms with E-state index in [1.807, 2.05) is 18.5 Å². The van der Waals surface area contributed by atoms with Gasteiger partial charge in [-0.25, -0.2) is 9.97 Å². The quantitative estimate of drug-likeness (QED) is 0.581. The summed E-state index contributed by atoms with van der Waals surface area (Å²) in [6, 6.07) is 2.03. The zero-order valence-corrected chi connectivity index (χ0v) is 11.2. The Balaban J connectivity index is 1.74. The van der Waals surface area contributed by atoms with Crippen molar-refractivity contribution in [3.05, 3.63) is 12.3 Å². The lowest BCUT2D eigenvalue weighted by Gasteiger charge is -2.20. The fourth-order valence-corrected chi connectivity index (χ4v) is 3.37. The molecule has 4 nitrogen and oxygen atoms in total. The number of thioether (sulfide) groups is 1. The molecule has 0 spiro atoms. The summed E-state index contributed by atoms with van der Waals surface area (Å²) in [5, 5.41) is 0.872. The predicted octanol–water partition coefficient (Wildman–Crippen LogP) is 1.20. The molecule has 0 amide bonds. The maximum Gasteiger partial charge on any atom is 0.189 e. The molecule has 1 aromatic heterocycles. The van der Waals surface area contributed by atoms with Crippen LogP contribution in [0, 0.1) is 11.8 Å². The molecule has 0 N–H and O–H groups in total. The molecule has 2 fully saturated rings. The number of fused-ring (bicyclic) bond motifs is 1. The Labute approximate surface area is 106 Å². The summed E-state index contributed by atoms with van der Waals surface area (Å²) < 4.78 is 0. The highest BCUT2D eigenvalue weighted by Gasteiger charge is 2.39. The molecule has 1 aromatic rings. The fraction of sp³-hybridized carbons (Fsp3) is 0.667. The summed E-state index contributed by atoms with van der Waals surface area (Å²) in [4.78, 5) is 13.7.